The highest BCUT2D eigenvalue weighted by Gasteiger charge is 2.45. The summed E-state index contributed by atoms with van der Waals surface area (Å²) < 4.78 is 0. The Labute approximate surface area is 176 Å². The number of likely N-dealkylation sites (tertiary alicyclic amines) is 1. The standard InChI is InChI=1S/C23H25ClN2O3/c1-15-5-7-17(8-6-15)21(27)19-20(16-9-11-18(24)12-10-16)26(23(29)22(19)28)14-4-13-25(2)3/h5-12,20,27H,4,13-14H2,1-3H3/p+1. The first-order valence-electron chi connectivity index (χ1n) is 9.69. The molecular weight excluding hydrogens is 388 g/mol. The van der Waals surface area contributed by atoms with E-state index in [1.165, 1.54) is 4.90 Å². The van der Waals surface area contributed by atoms with Crippen LogP contribution in [-0.4, -0.2) is 48.9 Å². The van der Waals surface area contributed by atoms with Crippen molar-refractivity contribution in [2.75, 3.05) is 27.2 Å². The third-order valence-corrected chi connectivity index (χ3v) is 5.38. The predicted octanol–water partition coefficient (Wildman–Crippen LogP) is 2.60. The fourth-order valence-corrected chi connectivity index (χ4v) is 3.70. The van der Waals surface area contributed by atoms with Gasteiger partial charge in [-0.15, -0.1) is 0 Å². The molecule has 1 heterocycles. The van der Waals surface area contributed by atoms with Crippen molar-refractivity contribution in [1.82, 2.24) is 4.90 Å². The number of aliphatic hydroxyl groups excluding tert-OH is 1. The van der Waals surface area contributed by atoms with Gasteiger partial charge in [0.1, 0.15) is 5.76 Å². The van der Waals surface area contributed by atoms with Gasteiger partial charge in [-0.25, -0.2) is 0 Å². The third kappa shape index (κ3) is 4.52. The molecule has 0 bridgehead atoms. The lowest BCUT2D eigenvalue weighted by Crippen LogP contribution is -3.05. The lowest BCUT2D eigenvalue weighted by Gasteiger charge is -2.25. The molecule has 5 nitrogen and oxygen atoms in total. The molecule has 1 atom stereocenters. The van der Waals surface area contributed by atoms with Crippen LogP contribution in [0.3, 0.4) is 0 Å². The number of ketones is 1. The quantitative estimate of drug-likeness (QED) is 0.434. The number of amides is 1. The van der Waals surface area contributed by atoms with Crippen molar-refractivity contribution in [1.29, 1.82) is 0 Å². The molecule has 1 amide bonds. The number of carbonyl (C=O) groups excluding carboxylic acids is 2. The molecule has 0 aliphatic carbocycles. The van der Waals surface area contributed by atoms with Crippen molar-refractivity contribution in [3.63, 3.8) is 0 Å². The summed E-state index contributed by atoms with van der Waals surface area (Å²) >= 11 is 6.03. The largest absolute Gasteiger partial charge is 0.507 e. The molecule has 0 aromatic heterocycles. The van der Waals surface area contributed by atoms with E-state index in [0.717, 1.165) is 24.1 Å². The molecule has 2 N–H and O–H groups in total. The highest BCUT2D eigenvalue weighted by Crippen LogP contribution is 2.39. The van der Waals surface area contributed by atoms with Crippen LogP contribution < -0.4 is 4.90 Å². The van der Waals surface area contributed by atoms with Gasteiger partial charge in [0.15, 0.2) is 0 Å². The van der Waals surface area contributed by atoms with Gasteiger partial charge in [0.05, 0.1) is 32.3 Å². The van der Waals surface area contributed by atoms with Crippen LogP contribution in [0.25, 0.3) is 5.76 Å². The fourth-order valence-electron chi connectivity index (χ4n) is 3.57. The van der Waals surface area contributed by atoms with Crippen molar-refractivity contribution in [3.05, 3.63) is 75.8 Å². The zero-order valence-corrected chi connectivity index (χ0v) is 17.7. The first-order chi connectivity index (χ1) is 13.8. The molecule has 0 spiro atoms. The van der Waals surface area contributed by atoms with Gasteiger partial charge in [-0.05, 0) is 24.6 Å². The van der Waals surface area contributed by atoms with Gasteiger partial charge in [0, 0.05) is 23.6 Å². The van der Waals surface area contributed by atoms with Crippen LogP contribution in [0.5, 0.6) is 0 Å². The molecule has 1 unspecified atom stereocenters. The van der Waals surface area contributed by atoms with Gasteiger partial charge in [0.2, 0.25) is 0 Å². The molecule has 29 heavy (non-hydrogen) atoms. The highest BCUT2D eigenvalue weighted by molar-refractivity contribution is 6.46. The van der Waals surface area contributed by atoms with Gasteiger partial charge < -0.3 is 14.9 Å². The van der Waals surface area contributed by atoms with Crippen LogP contribution >= 0.6 is 11.6 Å². The summed E-state index contributed by atoms with van der Waals surface area (Å²) in [5.74, 6) is -1.38. The number of rotatable bonds is 6. The molecule has 1 fully saturated rings. The van der Waals surface area contributed by atoms with E-state index in [2.05, 4.69) is 0 Å². The molecule has 2 aromatic rings. The number of hydrogen-bond acceptors (Lipinski definition) is 3. The number of carbonyl (C=O) groups is 2. The first kappa shape index (κ1) is 21.1. The van der Waals surface area contributed by atoms with Crippen molar-refractivity contribution < 1.29 is 19.6 Å². The van der Waals surface area contributed by atoms with E-state index in [1.807, 2.05) is 33.2 Å². The zero-order chi connectivity index (χ0) is 21.1. The second-order valence-corrected chi connectivity index (χ2v) is 8.16. The summed E-state index contributed by atoms with van der Waals surface area (Å²) in [7, 11) is 4.09. The van der Waals surface area contributed by atoms with E-state index in [9.17, 15) is 14.7 Å². The van der Waals surface area contributed by atoms with Crippen molar-refractivity contribution in [2.45, 2.75) is 19.4 Å². The van der Waals surface area contributed by atoms with Gasteiger partial charge in [-0.1, -0.05) is 53.6 Å². The summed E-state index contributed by atoms with van der Waals surface area (Å²) in [5.41, 5.74) is 2.44. The Hall–Kier alpha value is -2.63. The molecule has 1 aliphatic heterocycles. The number of nitrogens with zero attached hydrogens (tertiary/aromatic N) is 1. The van der Waals surface area contributed by atoms with Crippen LogP contribution in [-0.2, 0) is 9.59 Å². The summed E-state index contributed by atoms with van der Waals surface area (Å²) in [4.78, 5) is 28.6. The number of Topliss-reactive ketones (excluding diaryl/α,β-unsaturated/α-hetero) is 1. The summed E-state index contributed by atoms with van der Waals surface area (Å²) in [6.07, 6.45) is 0.754. The highest BCUT2D eigenvalue weighted by atomic mass is 35.5. The Morgan fingerprint density at radius 2 is 1.69 bits per heavy atom. The van der Waals surface area contributed by atoms with Crippen LogP contribution in [0.15, 0.2) is 54.1 Å². The van der Waals surface area contributed by atoms with Gasteiger partial charge >= 0.3 is 0 Å². The number of benzene rings is 2. The SMILES string of the molecule is Cc1ccc(C(O)=C2C(=O)C(=O)N(CCC[NH+](C)C)C2c2ccc(Cl)cc2)cc1. The minimum absolute atomic E-state index is 0.123. The lowest BCUT2D eigenvalue weighted by molar-refractivity contribution is -0.858. The second-order valence-electron chi connectivity index (χ2n) is 7.72. The number of aliphatic hydroxyl groups is 1. The number of hydrogen-bond donors (Lipinski definition) is 2. The monoisotopic (exact) mass is 413 g/mol. The van der Waals surface area contributed by atoms with Crippen LogP contribution in [0.2, 0.25) is 5.02 Å². The predicted molar refractivity (Wildman–Crippen MR) is 114 cm³/mol. The average Bonchev–Trinajstić information content (AvgIpc) is 2.93. The maximum Gasteiger partial charge on any atom is 0.295 e. The molecule has 1 aliphatic rings. The Kier molecular flexibility index (Phi) is 6.40. The van der Waals surface area contributed by atoms with E-state index >= 15 is 0 Å². The molecule has 0 saturated carbocycles. The number of halogens is 1. The van der Waals surface area contributed by atoms with E-state index in [-0.39, 0.29) is 11.3 Å². The molecule has 2 aromatic carbocycles. The van der Waals surface area contributed by atoms with Crippen molar-refractivity contribution in [3.8, 4) is 0 Å². The van der Waals surface area contributed by atoms with E-state index in [4.69, 9.17) is 11.6 Å². The second kappa shape index (κ2) is 8.80. The lowest BCUT2D eigenvalue weighted by atomic mass is 9.95. The van der Waals surface area contributed by atoms with Crippen molar-refractivity contribution in [2.24, 2.45) is 0 Å². The number of quaternary nitrogens is 1. The van der Waals surface area contributed by atoms with Crippen molar-refractivity contribution >= 4 is 29.1 Å². The van der Waals surface area contributed by atoms with Gasteiger partial charge in [0.25, 0.3) is 11.7 Å². The maximum absolute atomic E-state index is 12.9. The number of nitrogens with one attached hydrogen (secondary N) is 1. The van der Waals surface area contributed by atoms with Crippen LogP contribution in [0, 0.1) is 6.92 Å². The minimum Gasteiger partial charge on any atom is -0.507 e. The van der Waals surface area contributed by atoms with Crippen LogP contribution in [0.4, 0.5) is 0 Å². The van der Waals surface area contributed by atoms with Gasteiger partial charge in [-0.2, -0.15) is 0 Å². The Morgan fingerprint density at radius 1 is 1.07 bits per heavy atom. The topological polar surface area (TPSA) is 62.0 Å². The Morgan fingerprint density at radius 3 is 2.28 bits per heavy atom. The third-order valence-electron chi connectivity index (χ3n) is 5.13. The zero-order valence-electron chi connectivity index (χ0n) is 16.9. The minimum atomic E-state index is -0.653. The molecule has 6 heteroatoms. The van der Waals surface area contributed by atoms with Crippen LogP contribution in [0.1, 0.15) is 29.2 Å². The molecular formula is C23H26ClN2O3+. The molecule has 3 rings (SSSR count). The average molecular weight is 414 g/mol. The van der Waals surface area contributed by atoms with E-state index in [1.54, 1.807) is 41.3 Å². The molecule has 0 radical (unpaired) electrons. The van der Waals surface area contributed by atoms with E-state index < -0.39 is 17.7 Å². The fraction of sp³-hybridized carbons (Fsp3) is 0.304. The summed E-state index contributed by atoms with van der Waals surface area (Å²) in [6, 6.07) is 13.7. The normalized spacial score (nSPS) is 18.7. The first-order valence-corrected chi connectivity index (χ1v) is 10.1. The molecule has 152 valence electrons. The Balaban J connectivity index is 2.07. The molecule has 1 saturated heterocycles. The smallest absolute Gasteiger partial charge is 0.295 e. The Bertz CT molecular complexity index is 934. The summed E-state index contributed by atoms with van der Waals surface area (Å²) in [5, 5.41) is 11.5. The maximum atomic E-state index is 12.9. The number of aryl methyl sites for hydroxylation is 1. The summed E-state index contributed by atoms with van der Waals surface area (Å²) in [6.45, 7) is 3.26. The van der Waals surface area contributed by atoms with Gasteiger partial charge in [-0.3, -0.25) is 9.59 Å². The van der Waals surface area contributed by atoms with E-state index in [0.29, 0.717) is 17.1 Å².